The summed E-state index contributed by atoms with van der Waals surface area (Å²) in [4.78, 5) is 24.2. The molecule has 1 saturated heterocycles. The molecule has 1 aliphatic heterocycles. The molecule has 1 heterocycles. The van der Waals surface area contributed by atoms with Crippen molar-refractivity contribution in [3.63, 3.8) is 0 Å². The van der Waals surface area contributed by atoms with Gasteiger partial charge in [-0.3, -0.25) is 9.59 Å². The first kappa shape index (κ1) is 11.0. The smallest absolute Gasteiger partial charge is 0.309 e. The number of carbonyl (C=O) groups is 2. The third-order valence-corrected chi connectivity index (χ3v) is 2.85. The Bertz CT molecular complexity index is 240. The molecule has 0 bridgehead atoms. The Morgan fingerprint density at radius 2 is 2.07 bits per heavy atom. The highest BCUT2D eigenvalue weighted by molar-refractivity contribution is 5.75. The standard InChI is InChI=1S/C10H17NO3/c1-7-6-11(8(2)12)5-4-9(7)10(13)14-3/h7,9H,4-6H2,1-3H3. The molecule has 1 amide bonds. The van der Waals surface area contributed by atoms with E-state index >= 15 is 0 Å². The molecule has 1 aliphatic rings. The average Bonchev–Trinajstić information content (AvgIpc) is 2.16. The Morgan fingerprint density at radius 3 is 2.50 bits per heavy atom. The van der Waals surface area contributed by atoms with Crippen molar-refractivity contribution < 1.29 is 14.3 Å². The van der Waals surface area contributed by atoms with Crippen molar-refractivity contribution in [2.45, 2.75) is 20.3 Å². The predicted molar refractivity (Wildman–Crippen MR) is 51.5 cm³/mol. The van der Waals surface area contributed by atoms with Gasteiger partial charge in [0, 0.05) is 20.0 Å². The van der Waals surface area contributed by atoms with Gasteiger partial charge in [0.1, 0.15) is 0 Å². The van der Waals surface area contributed by atoms with E-state index in [1.54, 1.807) is 11.8 Å². The van der Waals surface area contributed by atoms with Crippen LogP contribution in [0.2, 0.25) is 0 Å². The summed E-state index contributed by atoms with van der Waals surface area (Å²) in [5, 5.41) is 0. The lowest BCUT2D eigenvalue weighted by Gasteiger charge is -2.34. The largest absolute Gasteiger partial charge is 0.469 e. The summed E-state index contributed by atoms with van der Waals surface area (Å²) >= 11 is 0. The van der Waals surface area contributed by atoms with Gasteiger partial charge in [-0.25, -0.2) is 0 Å². The van der Waals surface area contributed by atoms with Crippen molar-refractivity contribution >= 4 is 11.9 Å². The zero-order chi connectivity index (χ0) is 10.7. The van der Waals surface area contributed by atoms with Gasteiger partial charge >= 0.3 is 5.97 Å². The molecular formula is C10H17NO3. The van der Waals surface area contributed by atoms with Crippen molar-refractivity contribution in [3.05, 3.63) is 0 Å². The van der Waals surface area contributed by atoms with Gasteiger partial charge in [-0.1, -0.05) is 6.92 Å². The van der Waals surface area contributed by atoms with Crippen molar-refractivity contribution in [3.8, 4) is 0 Å². The molecule has 4 nitrogen and oxygen atoms in total. The highest BCUT2D eigenvalue weighted by Gasteiger charge is 2.32. The highest BCUT2D eigenvalue weighted by Crippen LogP contribution is 2.24. The lowest BCUT2D eigenvalue weighted by molar-refractivity contribution is -0.151. The van der Waals surface area contributed by atoms with Gasteiger partial charge in [0.25, 0.3) is 0 Å². The Morgan fingerprint density at radius 1 is 1.43 bits per heavy atom. The van der Waals surface area contributed by atoms with Gasteiger partial charge in [0.2, 0.25) is 5.91 Å². The fourth-order valence-corrected chi connectivity index (χ4v) is 1.93. The minimum absolute atomic E-state index is 0.0457. The minimum Gasteiger partial charge on any atom is -0.469 e. The van der Waals surface area contributed by atoms with Crippen LogP contribution in [0.1, 0.15) is 20.3 Å². The van der Waals surface area contributed by atoms with Crippen LogP contribution in [0, 0.1) is 11.8 Å². The van der Waals surface area contributed by atoms with Gasteiger partial charge in [-0.15, -0.1) is 0 Å². The first-order valence-corrected chi connectivity index (χ1v) is 4.89. The number of hydrogen-bond donors (Lipinski definition) is 0. The van der Waals surface area contributed by atoms with Crippen LogP contribution in [0.15, 0.2) is 0 Å². The lowest BCUT2D eigenvalue weighted by atomic mass is 9.87. The number of likely N-dealkylation sites (tertiary alicyclic amines) is 1. The second kappa shape index (κ2) is 4.44. The summed E-state index contributed by atoms with van der Waals surface area (Å²) in [6.07, 6.45) is 0.716. The molecule has 0 aliphatic carbocycles. The van der Waals surface area contributed by atoms with Gasteiger partial charge < -0.3 is 9.64 Å². The van der Waals surface area contributed by atoms with Crippen molar-refractivity contribution in [1.82, 2.24) is 4.90 Å². The first-order valence-electron chi connectivity index (χ1n) is 4.89. The molecule has 0 aromatic rings. The van der Waals surface area contributed by atoms with Crippen molar-refractivity contribution in [1.29, 1.82) is 0 Å². The zero-order valence-electron chi connectivity index (χ0n) is 8.95. The van der Waals surface area contributed by atoms with Crippen LogP contribution in [0.25, 0.3) is 0 Å². The van der Waals surface area contributed by atoms with E-state index in [-0.39, 0.29) is 23.7 Å². The summed E-state index contributed by atoms with van der Waals surface area (Å²) < 4.78 is 4.71. The quantitative estimate of drug-likeness (QED) is 0.583. The summed E-state index contributed by atoms with van der Waals surface area (Å²) in [7, 11) is 1.41. The minimum atomic E-state index is -0.152. The summed E-state index contributed by atoms with van der Waals surface area (Å²) in [5.41, 5.74) is 0. The normalized spacial score (nSPS) is 27.2. The first-order chi connectivity index (χ1) is 6.56. The van der Waals surface area contributed by atoms with Crippen LogP contribution < -0.4 is 0 Å². The molecule has 4 heteroatoms. The number of ether oxygens (including phenoxy) is 1. The summed E-state index contributed by atoms with van der Waals surface area (Å²) in [6, 6.07) is 0. The summed E-state index contributed by atoms with van der Waals surface area (Å²) in [5.74, 6) is 0.0802. The van der Waals surface area contributed by atoms with Crippen molar-refractivity contribution in [2.24, 2.45) is 11.8 Å². The Labute approximate surface area is 84.2 Å². The molecule has 0 aromatic heterocycles. The molecule has 0 N–H and O–H groups in total. The molecule has 2 atom stereocenters. The monoisotopic (exact) mass is 199 g/mol. The Kier molecular flexibility index (Phi) is 3.49. The average molecular weight is 199 g/mol. The van der Waals surface area contributed by atoms with E-state index in [0.29, 0.717) is 19.5 Å². The third kappa shape index (κ3) is 2.25. The zero-order valence-corrected chi connectivity index (χ0v) is 8.95. The predicted octanol–water partition coefficient (Wildman–Crippen LogP) is 0.664. The van der Waals surface area contributed by atoms with E-state index in [0.717, 1.165) is 0 Å². The van der Waals surface area contributed by atoms with Crippen LogP contribution in [0.3, 0.4) is 0 Å². The molecule has 14 heavy (non-hydrogen) atoms. The molecule has 2 unspecified atom stereocenters. The van der Waals surface area contributed by atoms with E-state index in [1.165, 1.54) is 7.11 Å². The molecule has 0 saturated carbocycles. The topological polar surface area (TPSA) is 46.6 Å². The SMILES string of the molecule is COC(=O)C1CCN(C(C)=O)CC1C. The molecule has 0 radical (unpaired) electrons. The molecule has 0 aromatic carbocycles. The van der Waals surface area contributed by atoms with E-state index < -0.39 is 0 Å². The van der Waals surface area contributed by atoms with Crippen LogP contribution >= 0.6 is 0 Å². The van der Waals surface area contributed by atoms with Gasteiger partial charge in [0.15, 0.2) is 0 Å². The van der Waals surface area contributed by atoms with Crippen molar-refractivity contribution in [2.75, 3.05) is 20.2 Å². The maximum absolute atomic E-state index is 11.3. The number of methoxy groups -OCH3 is 1. The van der Waals surface area contributed by atoms with Gasteiger partial charge in [-0.05, 0) is 12.3 Å². The number of hydrogen-bond acceptors (Lipinski definition) is 3. The number of carbonyl (C=O) groups excluding carboxylic acids is 2. The van der Waals surface area contributed by atoms with Gasteiger partial charge in [0.05, 0.1) is 13.0 Å². The van der Waals surface area contributed by atoms with Crippen LogP contribution in [0.5, 0.6) is 0 Å². The third-order valence-electron chi connectivity index (χ3n) is 2.85. The molecule has 80 valence electrons. The molecule has 0 spiro atoms. The molecule has 1 rings (SSSR count). The molecular weight excluding hydrogens is 182 g/mol. The van der Waals surface area contributed by atoms with Gasteiger partial charge in [-0.2, -0.15) is 0 Å². The Balaban J connectivity index is 2.56. The van der Waals surface area contributed by atoms with E-state index in [9.17, 15) is 9.59 Å². The Hall–Kier alpha value is -1.06. The number of rotatable bonds is 1. The maximum Gasteiger partial charge on any atom is 0.309 e. The molecule has 1 fully saturated rings. The van der Waals surface area contributed by atoms with Crippen LogP contribution in [0.4, 0.5) is 0 Å². The number of piperidine rings is 1. The van der Waals surface area contributed by atoms with Crippen LogP contribution in [-0.2, 0) is 14.3 Å². The highest BCUT2D eigenvalue weighted by atomic mass is 16.5. The fraction of sp³-hybridized carbons (Fsp3) is 0.800. The van der Waals surface area contributed by atoms with E-state index in [2.05, 4.69) is 0 Å². The maximum atomic E-state index is 11.3. The summed E-state index contributed by atoms with van der Waals surface area (Å²) in [6.45, 7) is 4.87. The fourth-order valence-electron chi connectivity index (χ4n) is 1.93. The second-order valence-electron chi connectivity index (χ2n) is 3.86. The van der Waals surface area contributed by atoms with E-state index in [4.69, 9.17) is 4.74 Å². The number of nitrogens with zero attached hydrogens (tertiary/aromatic N) is 1. The second-order valence-corrected chi connectivity index (χ2v) is 3.86. The van der Waals surface area contributed by atoms with E-state index in [1.807, 2.05) is 6.92 Å². The number of esters is 1. The number of amides is 1. The van der Waals surface area contributed by atoms with Crippen LogP contribution in [-0.4, -0.2) is 37.0 Å². The lowest BCUT2D eigenvalue weighted by Crippen LogP contribution is -2.44.